The summed E-state index contributed by atoms with van der Waals surface area (Å²) in [7, 11) is 0. The molecule has 2 heterocycles. The van der Waals surface area contributed by atoms with Crippen molar-refractivity contribution in [1.82, 2.24) is 0 Å². The second kappa shape index (κ2) is 4.99. The van der Waals surface area contributed by atoms with Crippen molar-refractivity contribution in [2.24, 2.45) is 5.73 Å². The number of thiophene rings is 1. The van der Waals surface area contributed by atoms with Crippen LogP contribution in [0.25, 0.3) is 0 Å². The molecule has 3 heteroatoms. The molecule has 3 rings (SSSR count). The molecule has 2 atom stereocenters. The van der Waals surface area contributed by atoms with Gasteiger partial charge in [0.2, 0.25) is 0 Å². The first-order valence-corrected chi connectivity index (χ1v) is 7.60. The number of nitrogens with two attached hydrogens (primary N) is 1. The van der Waals surface area contributed by atoms with Crippen LogP contribution < -0.4 is 10.5 Å². The van der Waals surface area contributed by atoms with Gasteiger partial charge in [-0.1, -0.05) is 24.6 Å². The lowest BCUT2D eigenvalue weighted by molar-refractivity contribution is 0.165. The smallest absolute Gasteiger partial charge is 0.135 e. The van der Waals surface area contributed by atoms with Crippen molar-refractivity contribution in [3.8, 4) is 5.75 Å². The molecule has 0 bridgehead atoms. The van der Waals surface area contributed by atoms with Crippen molar-refractivity contribution >= 4 is 11.3 Å². The quantitative estimate of drug-likeness (QED) is 0.892. The molecule has 2 aromatic rings. The third kappa shape index (κ3) is 2.40. The average Bonchev–Trinajstić information content (AvgIpc) is 2.88. The van der Waals surface area contributed by atoms with Crippen LogP contribution in [-0.4, -0.2) is 0 Å². The largest absolute Gasteiger partial charge is 0.484 e. The standard InChI is InChI=1S/C16H19NOS/c1-3-11-5-7-16(19-11)15-9-13(17)12-8-10(2)4-6-14(12)18-15/h4-8,13,15H,3,9,17H2,1-2H3. The van der Waals surface area contributed by atoms with Gasteiger partial charge in [0.25, 0.3) is 0 Å². The molecule has 1 aliphatic heterocycles. The van der Waals surface area contributed by atoms with Crippen molar-refractivity contribution in [2.75, 3.05) is 0 Å². The van der Waals surface area contributed by atoms with Gasteiger partial charge in [0.1, 0.15) is 11.9 Å². The van der Waals surface area contributed by atoms with E-state index >= 15 is 0 Å². The summed E-state index contributed by atoms with van der Waals surface area (Å²) >= 11 is 1.84. The Morgan fingerprint density at radius 3 is 2.89 bits per heavy atom. The highest BCUT2D eigenvalue weighted by Gasteiger charge is 2.27. The zero-order chi connectivity index (χ0) is 13.4. The Balaban J connectivity index is 1.90. The third-order valence-electron chi connectivity index (χ3n) is 3.65. The van der Waals surface area contributed by atoms with Crippen LogP contribution in [0.2, 0.25) is 0 Å². The van der Waals surface area contributed by atoms with Gasteiger partial charge in [-0.15, -0.1) is 11.3 Å². The molecule has 0 saturated heterocycles. The maximum atomic E-state index is 6.31. The van der Waals surface area contributed by atoms with Gasteiger partial charge in [-0.25, -0.2) is 0 Å². The highest BCUT2D eigenvalue weighted by atomic mass is 32.1. The Hall–Kier alpha value is -1.32. The van der Waals surface area contributed by atoms with Crippen molar-refractivity contribution in [3.05, 3.63) is 51.2 Å². The summed E-state index contributed by atoms with van der Waals surface area (Å²) in [6, 6.07) is 10.7. The topological polar surface area (TPSA) is 35.2 Å². The van der Waals surface area contributed by atoms with E-state index in [0.717, 1.165) is 24.2 Å². The van der Waals surface area contributed by atoms with Gasteiger partial charge in [-0.3, -0.25) is 0 Å². The summed E-state index contributed by atoms with van der Waals surface area (Å²) in [5.74, 6) is 0.945. The second-order valence-corrected chi connectivity index (χ2v) is 6.35. The van der Waals surface area contributed by atoms with Crippen LogP contribution in [0.1, 0.15) is 46.4 Å². The predicted molar refractivity (Wildman–Crippen MR) is 79.8 cm³/mol. The van der Waals surface area contributed by atoms with E-state index < -0.39 is 0 Å². The zero-order valence-corrected chi connectivity index (χ0v) is 12.2. The first-order chi connectivity index (χ1) is 9.17. The van der Waals surface area contributed by atoms with E-state index in [9.17, 15) is 0 Å². The van der Waals surface area contributed by atoms with E-state index in [1.54, 1.807) is 0 Å². The zero-order valence-electron chi connectivity index (χ0n) is 11.3. The minimum absolute atomic E-state index is 0.0702. The van der Waals surface area contributed by atoms with Crippen LogP contribution in [0, 0.1) is 6.92 Å². The highest BCUT2D eigenvalue weighted by molar-refractivity contribution is 7.12. The number of benzene rings is 1. The number of rotatable bonds is 2. The fourth-order valence-electron chi connectivity index (χ4n) is 2.56. The summed E-state index contributed by atoms with van der Waals surface area (Å²) in [4.78, 5) is 2.69. The van der Waals surface area contributed by atoms with E-state index in [0.29, 0.717) is 0 Å². The van der Waals surface area contributed by atoms with Crippen molar-refractivity contribution < 1.29 is 4.74 Å². The molecule has 0 spiro atoms. The van der Waals surface area contributed by atoms with Crippen LogP contribution in [0.5, 0.6) is 5.75 Å². The van der Waals surface area contributed by atoms with E-state index in [1.165, 1.54) is 15.3 Å². The molecule has 0 amide bonds. The molecule has 0 radical (unpaired) electrons. The van der Waals surface area contributed by atoms with Gasteiger partial charge in [-0.05, 0) is 31.5 Å². The van der Waals surface area contributed by atoms with Crippen molar-refractivity contribution in [3.63, 3.8) is 0 Å². The fraction of sp³-hybridized carbons (Fsp3) is 0.375. The molecule has 1 aliphatic rings. The highest BCUT2D eigenvalue weighted by Crippen LogP contribution is 2.41. The molecule has 0 aliphatic carbocycles. The van der Waals surface area contributed by atoms with Crippen molar-refractivity contribution in [1.29, 1.82) is 0 Å². The molecule has 0 fully saturated rings. The van der Waals surface area contributed by atoms with Gasteiger partial charge < -0.3 is 10.5 Å². The summed E-state index contributed by atoms with van der Waals surface area (Å²) in [6.45, 7) is 4.27. The van der Waals surface area contributed by atoms with Crippen LogP contribution in [-0.2, 0) is 6.42 Å². The Morgan fingerprint density at radius 2 is 2.16 bits per heavy atom. The van der Waals surface area contributed by atoms with Gasteiger partial charge in [0.15, 0.2) is 0 Å². The molecular formula is C16H19NOS. The van der Waals surface area contributed by atoms with E-state index in [2.05, 4.69) is 38.1 Å². The fourth-order valence-corrected chi connectivity index (χ4v) is 3.55. The summed E-state index contributed by atoms with van der Waals surface area (Å²) < 4.78 is 6.13. The Kier molecular flexibility index (Phi) is 3.33. The summed E-state index contributed by atoms with van der Waals surface area (Å²) in [5.41, 5.74) is 8.69. The molecule has 100 valence electrons. The van der Waals surface area contributed by atoms with E-state index in [-0.39, 0.29) is 12.1 Å². The van der Waals surface area contributed by atoms with Gasteiger partial charge in [0, 0.05) is 27.8 Å². The molecule has 1 aromatic carbocycles. The molecule has 2 N–H and O–H groups in total. The summed E-state index contributed by atoms with van der Waals surface area (Å²) in [6.07, 6.45) is 2.05. The maximum Gasteiger partial charge on any atom is 0.135 e. The summed E-state index contributed by atoms with van der Waals surface area (Å²) in [5, 5.41) is 0. The Morgan fingerprint density at radius 1 is 1.32 bits per heavy atom. The average molecular weight is 273 g/mol. The Bertz CT molecular complexity index is 590. The number of aryl methyl sites for hydroxylation is 2. The first kappa shape index (κ1) is 12.7. The first-order valence-electron chi connectivity index (χ1n) is 6.78. The van der Waals surface area contributed by atoms with Gasteiger partial charge in [0.05, 0.1) is 0 Å². The lowest BCUT2D eigenvalue weighted by Gasteiger charge is -2.30. The number of ether oxygens (including phenoxy) is 1. The van der Waals surface area contributed by atoms with Crippen molar-refractivity contribution in [2.45, 2.75) is 38.8 Å². The van der Waals surface area contributed by atoms with E-state index in [1.807, 2.05) is 17.4 Å². The SMILES string of the molecule is CCc1ccc(C2CC(N)c3cc(C)ccc3O2)s1. The third-order valence-corrected chi connectivity index (χ3v) is 4.97. The molecule has 2 unspecified atom stereocenters. The molecule has 1 aromatic heterocycles. The second-order valence-electron chi connectivity index (χ2n) is 5.15. The maximum absolute atomic E-state index is 6.31. The monoisotopic (exact) mass is 273 g/mol. The number of fused-ring (bicyclic) bond motifs is 1. The number of hydrogen-bond acceptors (Lipinski definition) is 3. The van der Waals surface area contributed by atoms with Crippen LogP contribution >= 0.6 is 11.3 Å². The minimum atomic E-state index is 0.0702. The van der Waals surface area contributed by atoms with Gasteiger partial charge in [-0.2, -0.15) is 0 Å². The van der Waals surface area contributed by atoms with Crippen LogP contribution in [0.4, 0.5) is 0 Å². The van der Waals surface area contributed by atoms with E-state index in [4.69, 9.17) is 10.5 Å². The van der Waals surface area contributed by atoms with Gasteiger partial charge >= 0.3 is 0 Å². The molecule has 0 saturated carbocycles. The molecule has 19 heavy (non-hydrogen) atoms. The lowest BCUT2D eigenvalue weighted by atomic mass is 9.95. The molecular weight excluding hydrogens is 254 g/mol. The lowest BCUT2D eigenvalue weighted by Crippen LogP contribution is -2.23. The normalized spacial score (nSPS) is 21.8. The van der Waals surface area contributed by atoms with Crippen LogP contribution in [0.15, 0.2) is 30.3 Å². The predicted octanol–water partition coefficient (Wildman–Crippen LogP) is 4.14. The number of hydrogen-bond donors (Lipinski definition) is 1. The minimum Gasteiger partial charge on any atom is -0.484 e. The molecule has 2 nitrogen and oxygen atoms in total. The Labute approximate surface area is 118 Å². The van der Waals surface area contributed by atoms with Crippen LogP contribution in [0.3, 0.4) is 0 Å².